The number of hydrogen-bond acceptors (Lipinski definition) is 5. The third-order valence-electron chi connectivity index (χ3n) is 3.88. The molecule has 126 valence electrons. The molecular weight excluding hydrogens is 339 g/mol. The van der Waals surface area contributed by atoms with E-state index in [-0.39, 0.29) is 11.7 Å². The molecule has 0 aromatic heterocycles. The summed E-state index contributed by atoms with van der Waals surface area (Å²) in [7, 11) is 0. The third kappa shape index (κ3) is 3.23. The first-order chi connectivity index (χ1) is 12.2. The minimum atomic E-state index is -0.414. The maximum absolute atomic E-state index is 13.3. The average molecular weight is 354 g/mol. The Bertz CT molecular complexity index is 868. The molecule has 0 bridgehead atoms. The van der Waals surface area contributed by atoms with Crippen molar-refractivity contribution in [3.8, 4) is 0 Å². The molecule has 2 heterocycles. The molecule has 1 atom stereocenters. The Balaban J connectivity index is 1.58. The number of hydrazone groups is 1. The number of rotatable bonds is 3. The zero-order valence-electron chi connectivity index (χ0n) is 13.1. The minimum absolute atomic E-state index is 0.167. The van der Waals surface area contributed by atoms with E-state index in [0.717, 1.165) is 22.0 Å². The van der Waals surface area contributed by atoms with Crippen LogP contribution in [-0.2, 0) is 10.5 Å². The number of nitrogens with one attached hydrogen (secondary N) is 2. The molecule has 0 saturated heterocycles. The predicted octanol–water partition coefficient (Wildman–Crippen LogP) is 2.69. The minimum Gasteiger partial charge on any atom is -0.314 e. The second-order valence-corrected chi connectivity index (χ2v) is 6.56. The first-order valence-electron chi connectivity index (χ1n) is 7.78. The fourth-order valence-corrected chi connectivity index (χ4v) is 3.69. The van der Waals surface area contributed by atoms with Crippen LogP contribution in [0.2, 0.25) is 0 Å². The molecule has 0 aliphatic carbocycles. The Kier molecular flexibility index (Phi) is 4.15. The van der Waals surface area contributed by atoms with Crippen LogP contribution in [0.4, 0.5) is 4.39 Å². The summed E-state index contributed by atoms with van der Waals surface area (Å²) in [5.74, 6) is 0.161. The predicted molar refractivity (Wildman–Crippen MR) is 96.5 cm³/mol. The Morgan fingerprint density at radius 3 is 2.80 bits per heavy atom. The summed E-state index contributed by atoms with van der Waals surface area (Å²) in [6.07, 6.45) is 1.15. The highest BCUT2D eigenvalue weighted by Gasteiger charge is 2.35. The lowest BCUT2D eigenvalue weighted by Crippen LogP contribution is -2.53. The fraction of sp³-hybridized carbons (Fsp3) is 0.111. The number of hydrogen-bond donors (Lipinski definition) is 2. The van der Waals surface area contributed by atoms with Crippen molar-refractivity contribution in [1.29, 1.82) is 0 Å². The summed E-state index contributed by atoms with van der Waals surface area (Å²) in [5.41, 5.74) is 5.53. The first-order valence-corrected chi connectivity index (χ1v) is 8.76. The van der Waals surface area contributed by atoms with Gasteiger partial charge in [-0.2, -0.15) is 5.10 Å². The number of amidine groups is 1. The Labute approximate surface area is 148 Å². The van der Waals surface area contributed by atoms with Gasteiger partial charge in [0.05, 0.1) is 5.70 Å². The highest BCUT2D eigenvalue weighted by molar-refractivity contribution is 8.13. The highest BCUT2D eigenvalue weighted by Crippen LogP contribution is 2.30. The van der Waals surface area contributed by atoms with E-state index in [1.807, 2.05) is 41.3 Å². The van der Waals surface area contributed by atoms with Crippen molar-refractivity contribution in [2.45, 2.75) is 12.0 Å². The van der Waals surface area contributed by atoms with Crippen molar-refractivity contribution in [3.63, 3.8) is 0 Å². The van der Waals surface area contributed by atoms with E-state index in [0.29, 0.717) is 5.75 Å². The van der Waals surface area contributed by atoms with Gasteiger partial charge in [0.25, 0.3) is 0 Å². The Hall–Kier alpha value is -2.80. The maximum Gasteiger partial charge on any atom is 0.249 e. The van der Waals surface area contributed by atoms with Crippen LogP contribution in [0.15, 0.2) is 65.8 Å². The lowest BCUT2D eigenvalue weighted by atomic mass is 10.1. The van der Waals surface area contributed by atoms with Gasteiger partial charge in [-0.1, -0.05) is 54.2 Å². The fourth-order valence-electron chi connectivity index (χ4n) is 2.76. The maximum atomic E-state index is 13.3. The van der Waals surface area contributed by atoms with Crippen molar-refractivity contribution >= 4 is 28.5 Å². The summed E-state index contributed by atoms with van der Waals surface area (Å²) < 4.78 is 13.3. The molecule has 0 spiro atoms. The summed E-state index contributed by atoms with van der Waals surface area (Å²) in [6, 6.07) is 16.2. The van der Waals surface area contributed by atoms with Crippen LogP contribution in [0, 0.1) is 5.82 Å². The lowest BCUT2D eigenvalue weighted by molar-refractivity contribution is -0.118. The van der Waals surface area contributed by atoms with Crippen LogP contribution in [0.25, 0.3) is 5.70 Å². The van der Waals surface area contributed by atoms with Gasteiger partial charge in [-0.25, -0.2) is 4.39 Å². The molecular formula is C18H15FN4OS. The molecule has 2 aromatic carbocycles. The van der Waals surface area contributed by atoms with Crippen LogP contribution < -0.4 is 10.7 Å². The van der Waals surface area contributed by atoms with Crippen molar-refractivity contribution in [1.82, 2.24) is 15.6 Å². The summed E-state index contributed by atoms with van der Waals surface area (Å²) in [5, 5.41) is 7.89. The smallest absolute Gasteiger partial charge is 0.249 e. The summed E-state index contributed by atoms with van der Waals surface area (Å²) in [4.78, 5) is 13.9. The van der Waals surface area contributed by atoms with Crippen molar-refractivity contribution < 1.29 is 9.18 Å². The molecule has 2 N–H and O–H groups in total. The van der Waals surface area contributed by atoms with Gasteiger partial charge < -0.3 is 5.32 Å². The normalized spacial score (nSPS) is 18.8. The molecule has 0 saturated carbocycles. The van der Waals surface area contributed by atoms with Crippen LogP contribution in [0.5, 0.6) is 0 Å². The van der Waals surface area contributed by atoms with E-state index in [2.05, 4.69) is 15.8 Å². The van der Waals surface area contributed by atoms with E-state index in [1.165, 1.54) is 23.9 Å². The SMILES string of the molecule is O=C1C=C(c2ccccc2)N2C(SCc3cccc(F)c3)=NNC2N1. The number of benzene rings is 2. The number of thioether (sulfide) groups is 1. The van der Waals surface area contributed by atoms with E-state index >= 15 is 0 Å². The largest absolute Gasteiger partial charge is 0.314 e. The molecule has 1 unspecified atom stereocenters. The van der Waals surface area contributed by atoms with Gasteiger partial charge in [-0.05, 0) is 23.3 Å². The third-order valence-corrected chi connectivity index (χ3v) is 4.90. The van der Waals surface area contributed by atoms with Crippen LogP contribution in [-0.4, -0.2) is 22.3 Å². The Morgan fingerprint density at radius 1 is 1.16 bits per heavy atom. The molecule has 1 amide bonds. The number of carbonyl (C=O) groups is 1. The molecule has 2 aromatic rings. The molecule has 25 heavy (non-hydrogen) atoms. The number of halogens is 1. The van der Waals surface area contributed by atoms with Gasteiger partial charge in [-0.15, -0.1) is 0 Å². The molecule has 7 heteroatoms. The first kappa shape index (κ1) is 15.7. The summed E-state index contributed by atoms with van der Waals surface area (Å²) in [6.45, 7) is 0. The average Bonchev–Trinajstić information content (AvgIpc) is 3.03. The molecule has 0 radical (unpaired) electrons. The molecule has 0 fully saturated rings. The zero-order valence-corrected chi connectivity index (χ0v) is 14.0. The van der Waals surface area contributed by atoms with Crippen LogP contribution in [0.1, 0.15) is 11.1 Å². The van der Waals surface area contributed by atoms with Crippen molar-refractivity contribution in [2.75, 3.05) is 0 Å². The van der Waals surface area contributed by atoms with Gasteiger partial charge in [0.1, 0.15) is 5.82 Å². The molecule has 4 rings (SSSR count). The standard InChI is InChI=1S/C18H15FN4OS/c19-14-8-4-5-12(9-14)11-25-18-22-21-17-20-16(24)10-15(23(17)18)13-6-2-1-3-7-13/h1-10,17,21H,11H2,(H,20,24). The molecule has 5 nitrogen and oxygen atoms in total. The van der Waals surface area contributed by atoms with Crippen molar-refractivity contribution in [2.24, 2.45) is 5.10 Å². The van der Waals surface area contributed by atoms with Gasteiger partial charge in [0, 0.05) is 11.8 Å². The van der Waals surface area contributed by atoms with Crippen LogP contribution >= 0.6 is 11.8 Å². The second-order valence-electron chi connectivity index (χ2n) is 5.62. The van der Waals surface area contributed by atoms with Gasteiger partial charge in [0.2, 0.25) is 5.91 Å². The quantitative estimate of drug-likeness (QED) is 0.890. The van der Waals surface area contributed by atoms with E-state index in [1.54, 1.807) is 12.1 Å². The number of amides is 1. The Morgan fingerprint density at radius 2 is 2.00 bits per heavy atom. The topological polar surface area (TPSA) is 56.7 Å². The zero-order chi connectivity index (χ0) is 17.2. The number of fused-ring (bicyclic) bond motifs is 1. The van der Waals surface area contributed by atoms with E-state index in [4.69, 9.17) is 0 Å². The number of nitrogens with zero attached hydrogens (tertiary/aromatic N) is 2. The van der Waals surface area contributed by atoms with E-state index < -0.39 is 6.29 Å². The number of carbonyl (C=O) groups excluding carboxylic acids is 1. The van der Waals surface area contributed by atoms with Gasteiger partial charge in [0.15, 0.2) is 11.5 Å². The monoisotopic (exact) mass is 354 g/mol. The summed E-state index contributed by atoms with van der Waals surface area (Å²) >= 11 is 1.49. The van der Waals surface area contributed by atoms with Gasteiger partial charge in [-0.3, -0.25) is 15.1 Å². The van der Waals surface area contributed by atoms with E-state index in [9.17, 15) is 9.18 Å². The molecule has 2 aliphatic rings. The second kappa shape index (κ2) is 6.60. The van der Waals surface area contributed by atoms with Gasteiger partial charge >= 0.3 is 0 Å². The molecule has 2 aliphatic heterocycles. The van der Waals surface area contributed by atoms with Crippen LogP contribution in [0.3, 0.4) is 0 Å². The highest BCUT2D eigenvalue weighted by atomic mass is 32.2. The lowest BCUT2D eigenvalue weighted by Gasteiger charge is -2.32. The van der Waals surface area contributed by atoms with Crippen molar-refractivity contribution in [3.05, 3.63) is 77.6 Å².